The Bertz CT molecular complexity index is 228. The Balaban J connectivity index is 4.37. The van der Waals surface area contributed by atoms with Crippen molar-refractivity contribution < 1.29 is 19.2 Å². The van der Waals surface area contributed by atoms with Crippen LogP contribution < -0.4 is 0 Å². The highest BCUT2D eigenvalue weighted by Gasteiger charge is 2.15. The molecule has 0 saturated carbocycles. The predicted molar refractivity (Wildman–Crippen MR) is 29.4 cm³/mol. The molecule has 0 unspecified atom stereocenters. The number of hydrogen-bond acceptors (Lipinski definition) is 2. The number of rotatable bonds is 3. The summed E-state index contributed by atoms with van der Waals surface area (Å²) in [6, 6.07) is 0. The molecule has 0 fully saturated rings. The molecule has 0 aromatic rings. The molecule has 0 atom stereocenters. The van der Waals surface area contributed by atoms with Crippen LogP contribution in [0, 0.1) is 0 Å². The van der Waals surface area contributed by atoms with E-state index in [4.69, 9.17) is 11.1 Å². The highest BCUT2D eigenvalue weighted by atomic mass is 16.2. The first-order valence-electron chi connectivity index (χ1n) is 2.15. The van der Waals surface area contributed by atoms with Crippen molar-refractivity contribution in [3.8, 4) is 0 Å². The topological polar surface area (TPSA) is 107 Å². The van der Waals surface area contributed by atoms with Crippen molar-refractivity contribution in [1.82, 2.24) is 0 Å². The standard InChI is InChI=1S/C4H2N4O2/c5-7-1-3(9)4(10)2-8-6/h1-2H. The zero-order valence-corrected chi connectivity index (χ0v) is 4.76. The van der Waals surface area contributed by atoms with Crippen LogP contribution in [-0.4, -0.2) is 33.6 Å². The van der Waals surface area contributed by atoms with Crippen LogP contribution in [0.5, 0.6) is 0 Å². The Morgan fingerprint density at radius 3 is 1.50 bits per heavy atom. The van der Waals surface area contributed by atoms with Gasteiger partial charge in [-0.2, -0.15) is 9.58 Å². The van der Waals surface area contributed by atoms with Crippen molar-refractivity contribution in [3.05, 3.63) is 11.1 Å². The number of hydrogen-bond donors (Lipinski definition) is 0. The molecule has 0 bridgehead atoms. The van der Waals surface area contributed by atoms with Gasteiger partial charge in [0.25, 0.3) is 0 Å². The minimum atomic E-state index is -1.06. The summed E-state index contributed by atoms with van der Waals surface area (Å²) in [5.41, 5.74) is 15.5. The molecule has 0 spiro atoms. The van der Waals surface area contributed by atoms with Crippen LogP contribution in [0.15, 0.2) is 0 Å². The molecule has 0 aliphatic rings. The van der Waals surface area contributed by atoms with Gasteiger partial charge < -0.3 is 11.1 Å². The summed E-state index contributed by atoms with van der Waals surface area (Å²) >= 11 is 0. The largest absolute Gasteiger partial charge is 0.361 e. The van der Waals surface area contributed by atoms with Crippen molar-refractivity contribution in [1.29, 1.82) is 0 Å². The van der Waals surface area contributed by atoms with Crippen molar-refractivity contribution in [2.75, 3.05) is 0 Å². The number of nitrogens with zero attached hydrogens (tertiary/aromatic N) is 4. The van der Waals surface area contributed by atoms with Crippen LogP contribution in [-0.2, 0) is 9.59 Å². The molecule has 6 nitrogen and oxygen atoms in total. The van der Waals surface area contributed by atoms with E-state index in [1.165, 1.54) is 0 Å². The maximum absolute atomic E-state index is 10.3. The summed E-state index contributed by atoms with van der Waals surface area (Å²) in [6.45, 7) is 0. The van der Waals surface area contributed by atoms with E-state index < -0.39 is 11.6 Å². The molecule has 0 aromatic heterocycles. The number of carbonyl (C=O) groups excluding carboxylic acids is 2. The molecule has 0 aromatic carbocycles. The summed E-state index contributed by atoms with van der Waals surface area (Å²) in [5.74, 6) is -2.11. The lowest BCUT2D eigenvalue weighted by Gasteiger charge is -1.68. The monoisotopic (exact) mass is 138 g/mol. The summed E-state index contributed by atoms with van der Waals surface area (Å²) in [7, 11) is 0. The quantitative estimate of drug-likeness (QED) is 0.209. The van der Waals surface area contributed by atoms with Crippen LogP contribution in [0.2, 0.25) is 0 Å². The smallest absolute Gasteiger partial charge is 0.331 e. The van der Waals surface area contributed by atoms with Gasteiger partial charge >= 0.3 is 24.0 Å². The lowest BCUT2D eigenvalue weighted by atomic mass is 10.3. The van der Waals surface area contributed by atoms with Gasteiger partial charge in [0.15, 0.2) is 0 Å². The van der Waals surface area contributed by atoms with E-state index in [0.717, 1.165) is 0 Å². The van der Waals surface area contributed by atoms with Gasteiger partial charge in [-0.3, -0.25) is 9.59 Å². The first-order valence-corrected chi connectivity index (χ1v) is 2.15. The highest BCUT2D eigenvalue weighted by molar-refractivity contribution is 6.70. The molecular weight excluding hydrogens is 136 g/mol. The van der Waals surface area contributed by atoms with Gasteiger partial charge in [0.2, 0.25) is 0 Å². The molecule has 6 heteroatoms. The number of carbonyl (C=O) groups is 2. The fourth-order valence-electron chi connectivity index (χ4n) is 0.232. The highest BCUT2D eigenvalue weighted by Crippen LogP contribution is 1.63. The van der Waals surface area contributed by atoms with E-state index in [-0.39, 0.29) is 0 Å². The Morgan fingerprint density at radius 1 is 1.00 bits per heavy atom. The molecule has 0 saturated heterocycles. The zero-order valence-electron chi connectivity index (χ0n) is 4.76. The first-order chi connectivity index (χ1) is 4.72. The SMILES string of the molecule is [N-]=[N+]=CC(=O)C(=O)C=[N+]=[N-]. The van der Waals surface area contributed by atoms with Gasteiger partial charge in [-0.1, -0.05) is 0 Å². The molecule has 0 N–H and O–H groups in total. The molecule has 50 valence electrons. The molecular formula is C4H2N4O2. The Labute approximate surface area is 55.3 Å². The summed E-state index contributed by atoms with van der Waals surface area (Å²) in [4.78, 5) is 25.1. The normalized spacial score (nSPS) is 6.80. The maximum Gasteiger partial charge on any atom is 0.331 e. The third kappa shape index (κ3) is 2.42. The van der Waals surface area contributed by atoms with Crippen molar-refractivity contribution in [3.63, 3.8) is 0 Å². The number of ketones is 2. The van der Waals surface area contributed by atoms with E-state index in [9.17, 15) is 9.59 Å². The summed E-state index contributed by atoms with van der Waals surface area (Å²) in [5, 5.41) is 0. The van der Waals surface area contributed by atoms with E-state index in [0.29, 0.717) is 12.4 Å². The van der Waals surface area contributed by atoms with Crippen molar-refractivity contribution >= 4 is 24.0 Å². The fraction of sp³-hybridized carbons (Fsp3) is 0. The third-order valence-corrected chi connectivity index (χ3v) is 0.593. The van der Waals surface area contributed by atoms with E-state index >= 15 is 0 Å². The lowest BCUT2D eigenvalue weighted by Crippen LogP contribution is -2.16. The van der Waals surface area contributed by atoms with Crippen molar-refractivity contribution in [2.24, 2.45) is 0 Å². The zero-order chi connectivity index (χ0) is 7.98. The van der Waals surface area contributed by atoms with Gasteiger partial charge in [-0.05, 0) is 0 Å². The van der Waals surface area contributed by atoms with E-state index in [1.54, 1.807) is 0 Å². The Kier molecular flexibility index (Phi) is 3.26. The minimum Gasteiger partial charge on any atom is -0.361 e. The molecule has 0 aliphatic carbocycles. The van der Waals surface area contributed by atoms with E-state index in [2.05, 4.69) is 9.58 Å². The maximum atomic E-state index is 10.3. The molecule has 0 radical (unpaired) electrons. The molecule has 10 heavy (non-hydrogen) atoms. The van der Waals surface area contributed by atoms with Gasteiger partial charge in [-0.25, -0.2) is 0 Å². The average molecular weight is 138 g/mol. The predicted octanol–water partition coefficient (Wildman–Crippen LogP) is -1.27. The van der Waals surface area contributed by atoms with Crippen LogP contribution in [0.25, 0.3) is 11.1 Å². The summed E-state index contributed by atoms with van der Waals surface area (Å²) in [6.07, 6.45) is 0.814. The van der Waals surface area contributed by atoms with Crippen LogP contribution in [0.1, 0.15) is 0 Å². The minimum absolute atomic E-state index is 0.407. The molecule has 0 aliphatic heterocycles. The molecule has 0 heterocycles. The van der Waals surface area contributed by atoms with Crippen molar-refractivity contribution in [2.45, 2.75) is 0 Å². The number of Topliss-reactive ketones (excluding diaryl/α,β-unsaturated/α-hetero) is 2. The molecule has 0 amide bonds. The Hall–Kier alpha value is -1.90. The summed E-state index contributed by atoms with van der Waals surface area (Å²) < 4.78 is 0. The Morgan fingerprint density at radius 2 is 1.30 bits per heavy atom. The first kappa shape index (κ1) is 8.10. The van der Waals surface area contributed by atoms with Crippen LogP contribution in [0.4, 0.5) is 0 Å². The third-order valence-electron chi connectivity index (χ3n) is 0.593. The fourth-order valence-corrected chi connectivity index (χ4v) is 0.232. The van der Waals surface area contributed by atoms with Gasteiger partial charge in [0.1, 0.15) is 0 Å². The van der Waals surface area contributed by atoms with E-state index in [1.807, 2.05) is 0 Å². The molecule has 0 rings (SSSR count). The lowest BCUT2D eigenvalue weighted by molar-refractivity contribution is -0.132. The second kappa shape index (κ2) is 4.03. The second-order valence-corrected chi connectivity index (χ2v) is 1.22. The van der Waals surface area contributed by atoms with Gasteiger partial charge in [0, 0.05) is 0 Å². The van der Waals surface area contributed by atoms with Crippen LogP contribution >= 0.6 is 0 Å². The second-order valence-electron chi connectivity index (χ2n) is 1.22. The van der Waals surface area contributed by atoms with Gasteiger partial charge in [0.05, 0.1) is 0 Å². The van der Waals surface area contributed by atoms with Gasteiger partial charge in [-0.15, -0.1) is 0 Å². The average Bonchev–Trinajstić information content (AvgIpc) is 1.89. The van der Waals surface area contributed by atoms with Crippen LogP contribution in [0.3, 0.4) is 0 Å².